The number of nitrogens with one attached hydrogen (secondary N) is 2. The molecule has 1 aromatic heterocycles. The number of carbonyl (C=O) groups is 1. The van der Waals surface area contributed by atoms with E-state index in [1.54, 1.807) is 12.1 Å². The summed E-state index contributed by atoms with van der Waals surface area (Å²) in [7, 11) is 0. The first-order valence-corrected chi connectivity index (χ1v) is 8.00. The largest absolute Gasteiger partial charge is 0.355 e. The predicted octanol–water partition coefficient (Wildman–Crippen LogP) is 4.97. The zero-order valence-corrected chi connectivity index (χ0v) is 14.3. The number of halogens is 2. The van der Waals surface area contributed by atoms with Gasteiger partial charge in [-0.2, -0.15) is 0 Å². The molecule has 3 rings (SSSR count). The Morgan fingerprint density at radius 3 is 2.35 bits per heavy atom. The van der Waals surface area contributed by atoms with Gasteiger partial charge in [-0.25, -0.2) is 8.78 Å². The van der Waals surface area contributed by atoms with Crippen LogP contribution in [-0.4, -0.2) is 10.9 Å². The molecule has 0 aliphatic rings. The van der Waals surface area contributed by atoms with Gasteiger partial charge in [-0.15, -0.1) is 0 Å². The highest BCUT2D eigenvalue weighted by Crippen LogP contribution is 2.24. The van der Waals surface area contributed by atoms with Crippen LogP contribution < -0.4 is 10.6 Å². The fourth-order valence-electron chi connectivity index (χ4n) is 2.56. The first-order valence-electron chi connectivity index (χ1n) is 8.00. The maximum Gasteiger partial charge on any atom is 0.274 e. The summed E-state index contributed by atoms with van der Waals surface area (Å²) in [5.41, 5.74) is 4.14. The molecule has 0 saturated heterocycles. The van der Waals surface area contributed by atoms with E-state index < -0.39 is 17.5 Å². The van der Waals surface area contributed by atoms with Crippen molar-refractivity contribution in [3.05, 3.63) is 83.2 Å². The zero-order chi connectivity index (χ0) is 18.7. The molecule has 0 fully saturated rings. The Morgan fingerprint density at radius 1 is 0.923 bits per heavy atom. The third-order valence-electron chi connectivity index (χ3n) is 3.92. The van der Waals surface area contributed by atoms with E-state index in [9.17, 15) is 13.6 Å². The predicted molar refractivity (Wildman–Crippen MR) is 97.7 cm³/mol. The number of pyridine rings is 1. The molecule has 26 heavy (non-hydrogen) atoms. The minimum absolute atomic E-state index is 0.156. The quantitative estimate of drug-likeness (QED) is 0.696. The second-order valence-corrected chi connectivity index (χ2v) is 5.90. The summed E-state index contributed by atoms with van der Waals surface area (Å²) >= 11 is 0. The topological polar surface area (TPSA) is 54.0 Å². The van der Waals surface area contributed by atoms with E-state index in [0.29, 0.717) is 5.69 Å². The number of aromatic nitrogens is 1. The molecule has 1 amide bonds. The maximum atomic E-state index is 13.3. The first-order chi connectivity index (χ1) is 12.4. The van der Waals surface area contributed by atoms with Gasteiger partial charge >= 0.3 is 0 Å². The molecule has 6 heteroatoms. The lowest BCUT2D eigenvalue weighted by atomic mass is 10.1. The van der Waals surface area contributed by atoms with E-state index in [-0.39, 0.29) is 11.4 Å². The Kier molecular flexibility index (Phi) is 4.93. The number of para-hydroxylation sites is 1. The van der Waals surface area contributed by atoms with Crippen LogP contribution in [0.2, 0.25) is 0 Å². The Labute approximate surface area is 149 Å². The van der Waals surface area contributed by atoms with Crippen molar-refractivity contribution in [1.29, 1.82) is 0 Å². The lowest BCUT2D eigenvalue weighted by Crippen LogP contribution is -2.14. The van der Waals surface area contributed by atoms with Crippen molar-refractivity contribution < 1.29 is 13.6 Å². The van der Waals surface area contributed by atoms with Gasteiger partial charge in [-0.1, -0.05) is 18.2 Å². The number of aryl methyl sites for hydroxylation is 2. The van der Waals surface area contributed by atoms with Crippen molar-refractivity contribution in [2.75, 3.05) is 10.6 Å². The van der Waals surface area contributed by atoms with Gasteiger partial charge in [0.05, 0.1) is 0 Å². The minimum atomic E-state index is -1.03. The summed E-state index contributed by atoms with van der Waals surface area (Å²) in [6.07, 6.45) is 1.51. The van der Waals surface area contributed by atoms with Gasteiger partial charge in [0, 0.05) is 29.3 Å². The monoisotopic (exact) mass is 353 g/mol. The van der Waals surface area contributed by atoms with Crippen LogP contribution >= 0.6 is 0 Å². The third kappa shape index (κ3) is 3.85. The van der Waals surface area contributed by atoms with Crippen molar-refractivity contribution in [3.8, 4) is 0 Å². The molecule has 1 heterocycles. The van der Waals surface area contributed by atoms with Crippen LogP contribution in [0.1, 0.15) is 21.6 Å². The van der Waals surface area contributed by atoms with Crippen molar-refractivity contribution in [2.24, 2.45) is 0 Å². The summed E-state index contributed by atoms with van der Waals surface area (Å²) in [5, 5.41) is 5.79. The van der Waals surface area contributed by atoms with Gasteiger partial charge in [0.25, 0.3) is 5.91 Å². The number of hydrogen-bond acceptors (Lipinski definition) is 3. The van der Waals surface area contributed by atoms with Gasteiger partial charge in [-0.05, 0) is 49.2 Å². The van der Waals surface area contributed by atoms with Crippen LogP contribution in [0.25, 0.3) is 0 Å². The Hall–Kier alpha value is -3.28. The van der Waals surface area contributed by atoms with Crippen LogP contribution in [0, 0.1) is 25.5 Å². The molecule has 3 aromatic rings. The molecule has 2 aromatic carbocycles. The van der Waals surface area contributed by atoms with Crippen LogP contribution in [-0.2, 0) is 0 Å². The van der Waals surface area contributed by atoms with E-state index in [1.165, 1.54) is 12.3 Å². The van der Waals surface area contributed by atoms with Crippen molar-refractivity contribution in [1.82, 2.24) is 4.98 Å². The average molecular weight is 353 g/mol. The standard InChI is InChI=1S/C20H17F2N3O/c1-12-4-3-5-13(2)19(12)24-15-8-9-23-18(11-15)20(26)25-14-6-7-16(21)17(22)10-14/h3-11H,1-2H3,(H,23,24)(H,25,26). The van der Waals surface area contributed by atoms with Crippen LogP contribution in [0.15, 0.2) is 54.7 Å². The van der Waals surface area contributed by atoms with Gasteiger partial charge < -0.3 is 10.6 Å². The molecular weight excluding hydrogens is 336 g/mol. The van der Waals surface area contributed by atoms with Crippen molar-refractivity contribution in [2.45, 2.75) is 13.8 Å². The Bertz CT molecular complexity index is 953. The molecule has 0 aliphatic carbocycles. The van der Waals surface area contributed by atoms with Crippen LogP contribution in [0.5, 0.6) is 0 Å². The van der Waals surface area contributed by atoms with Crippen LogP contribution in [0.3, 0.4) is 0 Å². The Morgan fingerprint density at radius 2 is 1.65 bits per heavy atom. The maximum absolute atomic E-state index is 13.3. The molecule has 2 N–H and O–H groups in total. The molecule has 0 unspecified atom stereocenters. The third-order valence-corrected chi connectivity index (χ3v) is 3.92. The Balaban J connectivity index is 1.80. The highest BCUT2D eigenvalue weighted by atomic mass is 19.2. The lowest BCUT2D eigenvalue weighted by molar-refractivity contribution is 0.102. The average Bonchev–Trinajstić information content (AvgIpc) is 2.62. The number of hydrogen-bond donors (Lipinski definition) is 2. The highest BCUT2D eigenvalue weighted by Gasteiger charge is 2.11. The summed E-state index contributed by atoms with van der Waals surface area (Å²) < 4.78 is 26.2. The number of amides is 1. The van der Waals surface area contributed by atoms with Gasteiger partial charge in [0.1, 0.15) is 5.69 Å². The smallest absolute Gasteiger partial charge is 0.274 e. The molecule has 0 bridgehead atoms. The lowest BCUT2D eigenvalue weighted by Gasteiger charge is -2.13. The zero-order valence-electron chi connectivity index (χ0n) is 14.3. The van der Waals surface area contributed by atoms with Crippen molar-refractivity contribution in [3.63, 3.8) is 0 Å². The van der Waals surface area contributed by atoms with Gasteiger partial charge in [0.2, 0.25) is 0 Å². The summed E-state index contributed by atoms with van der Waals surface area (Å²) in [6, 6.07) is 12.5. The van der Waals surface area contributed by atoms with E-state index in [4.69, 9.17) is 0 Å². The number of carbonyl (C=O) groups excluding carboxylic acids is 1. The molecule has 0 radical (unpaired) electrons. The minimum Gasteiger partial charge on any atom is -0.355 e. The van der Waals surface area contributed by atoms with E-state index in [2.05, 4.69) is 15.6 Å². The second kappa shape index (κ2) is 7.31. The number of rotatable bonds is 4. The molecule has 0 aliphatic heterocycles. The number of nitrogens with zero attached hydrogens (tertiary/aromatic N) is 1. The second-order valence-electron chi connectivity index (χ2n) is 5.90. The van der Waals surface area contributed by atoms with E-state index in [0.717, 1.165) is 28.9 Å². The normalized spacial score (nSPS) is 10.5. The van der Waals surface area contributed by atoms with Crippen LogP contribution in [0.4, 0.5) is 25.8 Å². The number of anilines is 3. The molecule has 4 nitrogen and oxygen atoms in total. The number of benzene rings is 2. The van der Waals surface area contributed by atoms with E-state index >= 15 is 0 Å². The molecule has 0 spiro atoms. The fourth-order valence-corrected chi connectivity index (χ4v) is 2.56. The summed E-state index contributed by atoms with van der Waals surface area (Å²) in [6.45, 7) is 3.99. The van der Waals surface area contributed by atoms with Gasteiger partial charge in [0.15, 0.2) is 11.6 Å². The fraction of sp³-hybridized carbons (Fsp3) is 0.100. The summed E-state index contributed by atoms with van der Waals surface area (Å²) in [4.78, 5) is 16.4. The van der Waals surface area contributed by atoms with Crippen molar-refractivity contribution >= 4 is 23.0 Å². The summed E-state index contributed by atoms with van der Waals surface area (Å²) in [5.74, 6) is -2.51. The molecule has 132 valence electrons. The van der Waals surface area contributed by atoms with E-state index in [1.807, 2.05) is 32.0 Å². The first kappa shape index (κ1) is 17.5. The van der Waals surface area contributed by atoms with Gasteiger partial charge in [-0.3, -0.25) is 9.78 Å². The molecule has 0 saturated carbocycles. The SMILES string of the molecule is Cc1cccc(C)c1Nc1ccnc(C(=O)Nc2ccc(F)c(F)c2)c1. The highest BCUT2D eigenvalue weighted by molar-refractivity contribution is 6.03. The molecular formula is C20H17F2N3O. The molecule has 0 atom stereocenters.